The molecule has 0 aliphatic rings. The zero-order chi connectivity index (χ0) is 14.4. The lowest BCUT2D eigenvalue weighted by Gasteiger charge is -2.24. The van der Waals surface area contributed by atoms with Gasteiger partial charge in [0.1, 0.15) is 11.6 Å². The van der Waals surface area contributed by atoms with Crippen molar-refractivity contribution in [3.05, 3.63) is 29.6 Å². The van der Waals surface area contributed by atoms with Crippen molar-refractivity contribution >= 4 is 0 Å². The molecule has 0 aliphatic heterocycles. The number of nitrogens with one attached hydrogen (secondary N) is 1. The Hall–Kier alpha value is -1.13. The van der Waals surface area contributed by atoms with Gasteiger partial charge in [0, 0.05) is 25.2 Å². The molecule has 0 saturated carbocycles. The number of nitrogens with zero attached hydrogens (tertiary/aromatic N) is 1. The van der Waals surface area contributed by atoms with Crippen molar-refractivity contribution in [2.45, 2.75) is 32.9 Å². The highest BCUT2D eigenvalue weighted by Crippen LogP contribution is 2.15. The topological polar surface area (TPSA) is 35.5 Å². The molecular weight excluding hydrogens is 243 g/mol. The molecule has 0 aliphatic carbocycles. The Bertz CT molecular complexity index is 363. The second-order valence-electron chi connectivity index (χ2n) is 5.79. The van der Waals surface area contributed by atoms with Gasteiger partial charge in [0.25, 0.3) is 0 Å². The number of phenolic OH excluding ortho intramolecular Hbond substituents is 1. The second-order valence-corrected chi connectivity index (χ2v) is 5.79. The van der Waals surface area contributed by atoms with Crippen LogP contribution in [0.4, 0.5) is 4.39 Å². The molecular formula is C15H25FN2O. The maximum Gasteiger partial charge on any atom is 0.127 e. The highest BCUT2D eigenvalue weighted by Gasteiger charge is 2.12. The normalized spacial score (nSPS) is 13.2. The van der Waals surface area contributed by atoms with Crippen LogP contribution in [0.25, 0.3) is 0 Å². The first-order valence-corrected chi connectivity index (χ1v) is 6.73. The van der Waals surface area contributed by atoms with Gasteiger partial charge < -0.3 is 15.3 Å². The maximum absolute atomic E-state index is 13.2. The van der Waals surface area contributed by atoms with Crippen molar-refractivity contribution in [2.75, 3.05) is 20.6 Å². The van der Waals surface area contributed by atoms with E-state index in [1.54, 1.807) is 6.07 Å². The van der Waals surface area contributed by atoms with Crippen LogP contribution in [-0.4, -0.2) is 36.7 Å². The van der Waals surface area contributed by atoms with Gasteiger partial charge in [0.05, 0.1) is 0 Å². The summed E-state index contributed by atoms with van der Waals surface area (Å²) in [6.45, 7) is 5.90. The number of benzene rings is 1. The summed E-state index contributed by atoms with van der Waals surface area (Å²) in [5.74, 6) is 0.188. The summed E-state index contributed by atoms with van der Waals surface area (Å²) in [6, 6.07) is 4.53. The summed E-state index contributed by atoms with van der Waals surface area (Å²) >= 11 is 0. The molecule has 1 unspecified atom stereocenters. The van der Waals surface area contributed by atoms with E-state index in [4.69, 9.17) is 0 Å². The van der Waals surface area contributed by atoms with Gasteiger partial charge in [0.15, 0.2) is 0 Å². The largest absolute Gasteiger partial charge is 0.508 e. The van der Waals surface area contributed by atoms with Crippen molar-refractivity contribution in [3.8, 4) is 5.75 Å². The number of hydrogen-bond acceptors (Lipinski definition) is 3. The molecule has 2 N–H and O–H groups in total. The lowest BCUT2D eigenvalue weighted by molar-refractivity contribution is 0.305. The van der Waals surface area contributed by atoms with Gasteiger partial charge in [-0.3, -0.25) is 0 Å². The fourth-order valence-electron chi connectivity index (χ4n) is 2.23. The van der Waals surface area contributed by atoms with E-state index in [0.717, 1.165) is 24.6 Å². The summed E-state index contributed by atoms with van der Waals surface area (Å²) in [5, 5.41) is 12.8. The molecule has 1 aromatic rings. The van der Waals surface area contributed by atoms with Gasteiger partial charge >= 0.3 is 0 Å². The van der Waals surface area contributed by atoms with E-state index in [-0.39, 0.29) is 5.75 Å². The molecule has 0 heterocycles. The minimum atomic E-state index is -0.398. The fourth-order valence-corrected chi connectivity index (χ4v) is 2.23. The average molecular weight is 268 g/mol. The van der Waals surface area contributed by atoms with Crippen LogP contribution in [0.1, 0.15) is 25.8 Å². The monoisotopic (exact) mass is 268 g/mol. The Balaban J connectivity index is 2.59. The van der Waals surface area contributed by atoms with E-state index in [2.05, 4.69) is 24.1 Å². The molecule has 0 amide bonds. The van der Waals surface area contributed by atoms with Crippen LogP contribution in [-0.2, 0) is 6.54 Å². The first-order chi connectivity index (χ1) is 8.86. The Morgan fingerprint density at radius 3 is 2.47 bits per heavy atom. The first-order valence-electron chi connectivity index (χ1n) is 6.73. The molecule has 0 bridgehead atoms. The zero-order valence-corrected chi connectivity index (χ0v) is 12.3. The van der Waals surface area contributed by atoms with E-state index < -0.39 is 5.82 Å². The third-order valence-corrected chi connectivity index (χ3v) is 2.88. The molecule has 0 radical (unpaired) electrons. The van der Waals surface area contributed by atoms with Gasteiger partial charge in [-0.15, -0.1) is 0 Å². The highest BCUT2D eigenvalue weighted by molar-refractivity contribution is 5.28. The number of likely N-dealkylation sites (N-methyl/N-ethyl adjacent to an activating group) is 1. The Morgan fingerprint density at radius 1 is 1.26 bits per heavy atom. The molecule has 1 atom stereocenters. The van der Waals surface area contributed by atoms with Crippen LogP contribution < -0.4 is 5.32 Å². The Morgan fingerprint density at radius 2 is 1.95 bits per heavy atom. The van der Waals surface area contributed by atoms with Gasteiger partial charge in [-0.25, -0.2) is 4.39 Å². The van der Waals surface area contributed by atoms with Crippen LogP contribution in [0.5, 0.6) is 5.75 Å². The summed E-state index contributed by atoms with van der Waals surface area (Å²) in [7, 11) is 4.09. The molecule has 0 spiro atoms. The van der Waals surface area contributed by atoms with E-state index in [1.165, 1.54) is 6.07 Å². The highest BCUT2D eigenvalue weighted by atomic mass is 19.1. The van der Waals surface area contributed by atoms with Gasteiger partial charge in [-0.2, -0.15) is 0 Å². The summed E-state index contributed by atoms with van der Waals surface area (Å²) in [6.07, 6.45) is 1.07. The number of rotatable bonds is 7. The molecule has 1 aromatic carbocycles. The van der Waals surface area contributed by atoms with Gasteiger partial charge in [-0.05, 0) is 44.1 Å². The van der Waals surface area contributed by atoms with Gasteiger partial charge in [-0.1, -0.05) is 13.8 Å². The van der Waals surface area contributed by atoms with E-state index >= 15 is 0 Å². The minimum Gasteiger partial charge on any atom is -0.508 e. The van der Waals surface area contributed by atoms with Crippen molar-refractivity contribution in [1.29, 1.82) is 0 Å². The SMILES string of the molecule is CC(C)CC(CN(C)C)NCc1cc(O)cc(F)c1. The Kier molecular flexibility index (Phi) is 6.25. The third-order valence-electron chi connectivity index (χ3n) is 2.88. The van der Waals surface area contributed by atoms with Crippen LogP contribution >= 0.6 is 0 Å². The van der Waals surface area contributed by atoms with Crippen molar-refractivity contribution in [3.63, 3.8) is 0 Å². The zero-order valence-electron chi connectivity index (χ0n) is 12.3. The smallest absolute Gasteiger partial charge is 0.127 e. The quantitative estimate of drug-likeness (QED) is 0.798. The van der Waals surface area contributed by atoms with Crippen LogP contribution in [0, 0.1) is 11.7 Å². The van der Waals surface area contributed by atoms with E-state index in [1.807, 2.05) is 14.1 Å². The number of hydrogen-bond donors (Lipinski definition) is 2. The molecule has 1 rings (SSSR count). The predicted molar refractivity (Wildman–Crippen MR) is 76.7 cm³/mol. The molecule has 108 valence electrons. The van der Waals surface area contributed by atoms with E-state index in [0.29, 0.717) is 18.5 Å². The molecule has 4 heteroatoms. The average Bonchev–Trinajstić information content (AvgIpc) is 2.23. The summed E-state index contributed by atoms with van der Waals surface area (Å²) in [4.78, 5) is 2.14. The molecule has 0 aromatic heterocycles. The molecule has 0 fully saturated rings. The summed E-state index contributed by atoms with van der Waals surface area (Å²) < 4.78 is 13.2. The van der Waals surface area contributed by atoms with Crippen molar-refractivity contribution in [1.82, 2.24) is 10.2 Å². The maximum atomic E-state index is 13.2. The lowest BCUT2D eigenvalue weighted by atomic mass is 10.0. The van der Waals surface area contributed by atoms with Crippen molar-refractivity contribution < 1.29 is 9.50 Å². The predicted octanol–water partition coefficient (Wildman–Crippen LogP) is 2.60. The standard InChI is InChI=1S/C15H25FN2O/c1-11(2)5-14(10-18(3)4)17-9-12-6-13(16)8-15(19)7-12/h6-8,11,14,17,19H,5,9-10H2,1-4H3. The fraction of sp³-hybridized carbons (Fsp3) is 0.600. The number of phenols is 1. The first kappa shape index (κ1) is 15.9. The minimum absolute atomic E-state index is 0.0233. The Labute approximate surface area is 115 Å². The molecule has 0 saturated heterocycles. The molecule has 3 nitrogen and oxygen atoms in total. The second kappa shape index (κ2) is 7.46. The van der Waals surface area contributed by atoms with Crippen LogP contribution in [0.15, 0.2) is 18.2 Å². The van der Waals surface area contributed by atoms with E-state index in [9.17, 15) is 9.50 Å². The van der Waals surface area contributed by atoms with Crippen LogP contribution in [0.2, 0.25) is 0 Å². The number of halogens is 1. The summed E-state index contributed by atoms with van der Waals surface area (Å²) in [5.41, 5.74) is 0.769. The van der Waals surface area contributed by atoms with Crippen molar-refractivity contribution in [2.24, 2.45) is 5.92 Å². The number of aromatic hydroxyl groups is 1. The molecule has 19 heavy (non-hydrogen) atoms. The van der Waals surface area contributed by atoms with Crippen LogP contribution in [0.3, 0.4) is 0 Å². The lowest BCUT2D eigenvalue weighted by Crippen LogP contribution is -2.38. The van der Waals surface area contributed by atoms with Gasteiger partial charge in [0.2, 0.25) is 0 Å². The third kappa shape index (κ3) is 6.55.